The van der Waals surface area contributed by atoms with Gasteiger partial charge in [-0.25, -0.2) is 0 Å². The lowest BCUT2D eigenvalue weighted by molar-refractivity contribution is 0.161. The third-order valence-corrected chi connectivity index (χ3v) is 4.53. The number of fused-ring (bicyclic) bond motifs is 1. The number of benzene rings is 2. The summed E-state index contributed by atoms with van der Waals surface area (Å²) in [6.45, 7) is 0. The van der Waals surface area contributed by atoms with E-state index in [4.69, 9.17) is 0 Å². The average molecular weight is 242 g/mol. The standard InChI is InChI=1S/C15H14OS/c16-13-10-15(11-6-2-1-3-7-11)17-14-9-5-4-8-12(13)14/h1-9,13,15-16H,10H2/t13-,15-/m0/s1. The number of hydrogen-bond donors (Lipinski definition) is 1. The molecule has 0 saturated heterocycles. The van der Waals surface area contributed by atoms with Crippen LogP contribution >= 0.6 is 11.8 Å². The van der Waals surface area contributed by atoms with Gasteiger partial charge >= 0.3 is 0 Å². The molecule has 0 amide bonds. The molecule has 0 aliphatic carbocycles. The van der Waals surface area contributed by atoms with E-state index in [1.54, 1.807) is 0 Å². The number of rotatable bonds is 1. The molecule has 86 valence electrons. The van der Waals surface area contributed by atoms with Crippen LogP contribution in [-0.4, -0.2) is 5.11 Å². The summed E-state index contributed by atoms with van der Waals surface area (Å²) in [6.07, 6.45) is 0.462. The zero-order chi connectivity index (χ0) is 11.7. The highest BCUT2D eigenvalue weighted by atomic mass is 32.2. The van der Waals surface area contributed by atoms with Crippen LogP contribution in [0.1, 0.15) is 28.9 Å². The van der Waals surface area contributed by atoms with Crippen LogP contribution in [-0.2, 0) is 0 Å². The molecule has 2 aromatic rings. The van der Waals surface area contributed by atoms with Crippen LogP contribution in [0.2, 0.25) is 0 Å². The third kappa shape index (κ3) is 2.11. The van der Waals surface area contributed by atoms with Crippen molar-refractivity contribution in [2.45, 2.75) is 22.7 Å². The van der Waals surface area contributed by atoms with Crippen LogP contribution in [0.3, 0.4) is 0 Å². The van der Waals surface area contributed by atoms with Crippen molar-refractivity contribution in [1.29, 1.82) is 0 Å². The largest absolute Gasteiger partial charge is 0.388 e. The summed E-state index contributed by atoms with van der Waals surface area (Å²) < 4.78 is 0. The Bertz CT molecular complexity index is 509. The lowest BCUT2D eigenvalue weighted by atomic mass is 10.00. The van der Waals surface area contributed by atoms with Crippen molar-refractivity contribution in [2.75, 3.05) is 0 Å². The second-order valence-electron chi connectivity index (χ2n) is 4.31. The molecular formula is C15H14OS. The molecule has 17 heavy (non-hydrogen) atoms. The average Bonchev–Trinajstić information content (AvgIpc) is 2.40. The Morgan fingerprint density at radius 1 is 0.941 bits per heavy atom. The number of thioether (sulfide) groups is 1. The van der Waals surface area contributed by atoms with Gasteiger partial charge in [0.1, 0.15) is 0 Å². The first-order valence-electron chi connectivity index (χ1n) is 5.83. The maximum absolute atomic E-state index is 10.2. The summed E-state index contributed by atoms with van der Waals surface area (Å²) in [6, 6.07) is 18.6. The van der Waals surface area contributed by atoms with Crippen LogP contribution in [0, 0.1) is 0 Å². The van der Waals surface area contributed by atoms with Crippen molar-refractivity contribution >= 4 is 11.8 Å². The maximum atomic E-state index is 10.2. The summed E-state index contributed by atoms with van der Waals surface area (Å²) >= 11 is 1.85. The molecule has 1 aliphatic rings. The Balaban J connectivity index is 1.94. The molecule has 0 bridgehead atoms. The number of aliphatic hydroxyl groups excluding tert-OH is 1. The van der Waals surface area contributed by atoms with E-state index < -0.39 is 0 Å². The molecule has 0 spiro atoms. The topological polar surface area (TPSA) is 20.2 Å². The SMILES string of the molecule is O[C@H]1C[C@@H](c2ccccc2)Sc2ccccc21. The van der Waals surface area contributed by atoms with Gasteiger partial charge in [-0.2, -0.15) is 0 Å². The molecule has 0 aromatic heterocycles. The summed E-state index contributed by atoms with van der Waals surface area (Å²) in [5.41, 5.74) is 2.37. The molecule has 1 N–H and O–H groups in total. The predicted molar refractivity (Wildman–Crippen MR) is 71.1 cm³/mol. The molecule has 0 radical (unpaired) electrons. The van der Waals surface area contributed by atoms with Crippen molar-refractivity contribution in [3.05, 3.63) is 65.7 Å². The molecule has 1 aliphatic heterocycles. The molecule has 2 atom stereocenters. The van der Waals surface area contributed by atoms with Crippen LogP contribution in [0.15, 0.2) is 59.5 Å². The monoisotopic (exact) mass is 242 g/mol. The van der Waals surface area contributed by atoms with E-state index in [2.05, 4.69) is 30.3 Å². The van der Waals surface area contributed by atoms with Crippen molar-refractivity contribution in [1.82, 2.24) is 0 Å². The zero-order valence-corrected chi connectivity index (χ0v) is 10.2. The van der Waals surface area contributed by atoms with Gasteiger partial charge in [0.15, 0.2) is 0 Å². The van der Waals surface area contributed by atoms with Gasteiger partial charge in [-0.15, -0.1) is 11.8 Å². The Kier molecular flexibility index (Phi) is 2.91. The van der Waals surface area contributed by atoms with Gasteiger partial charge in [-0.1, -0.05) is 48.5 Å². The summed E-state index contributed by atoms with van der Waals surface area (Å²) in [5, 5.41) is 10.5. The second kappa shape index (κ2) is 4.55. The van der Waals surface area contributed by atoms with Crippen LogP contribution in [0.5, 0.6) is 0 Å². The van der Waals surface area contributed by atoms with E-state index in [0.29, 0.717) is 5.25 Å². The van der Waals surface area contributed by atoms with Gasteiger partial charge in [0.05, 0.1) is 6.10 Å². The first-order chi connectivity index (χ1) is 8.34. The molecule has 2 aromatic carbocycles. The maximum Gasteiger partial charge on any atom is 0.0814 e. The first kappa shape index (κ1) is 10.9. The van der Waals surface area contributed by atoms with Crippen molar-refractivity contribution in [3.8, 4) is 0 Å². The Labute approximate surface area is 105 Å². The van der Waals surface area contributed by atoms with E-state index in [-0.39, 0.29) is 6.10 Å². The molecule has 0 saturated carbocycles. The minimum Gasteiger partial charge on any atom is -0.388 e. The van der Waals surface area contributed by atoms with Gasteiger partial charge in [-0.05, 0) is 23.6 Å². The normalized spacial score (nSPS) is 23.1. The fourth-order valence-electron chi connectivity index (χ4n) is 2.27. The highest BCUT2D eigenvalue weighted by Crippen LogP contribution is 2.48. The molecule has 1 heterocycles. The second-order valence-corrected chi connectivity index (χ2v) is 5.55. The fourth-order valence-corrected chi connectivity index (χ4v) is 3.64. The Hall–Kier alpha value is -1.25. The lowest BCUT2D eigenvalue weighted by Crippen LogP contribution is -2.10. The number of aliphatic hydroxyl groups is 1. The van der Waals surface area contributed by atoms with E-state index in [9.17, 15) is 5.11 Å². The Morgan fingerprint density at radius 3 is 2.47 bits per heavy atom. The zero-order valence-electron chi connectivity index (χ0n) is 9.41. The van der Waals surface area contributed by atoms with E-state index in [1.807, 2.05) is 36.0 Å². The van der Waals surface area contributed by atoms with E-state index in [0.717, 1.165) is 12.0 Å². The lowest BCUT2D eigenvalue weighted by Gasteiger charge is -2.28. The van der Waals surface area contributed by atoms with Crippen LogP contribution in [0.4, 0.5) is 0 Å². The van der Waals surface area contributed by atoms with Gasteiger partial charge in [0.25, 0.3) is 0 Å². The molecule has 0 unspecified atom stereocenters. The van der Waals surface area contributed by atoms with E-state index >= 15 is 0 Å². The van der Waals surface area contributed by atoms with Crippen molar-refractivity contribution in [2.24, 2.45) is 0 Å². The highest BCUT2D eigenvalue weighted by molar-refractivity contribution is 7.99. The summed E-state index contributed by atoms with van der Waals surface area (Å²) in [4.78, 5) is 1.21. The minimum absolute atomic E-state index is 0.336. The molecule has 2 heteroatoms. The molecule has 1 nitrogen and oxygen atoms in total. The number of hydrogen-bond acceptors (Lipinski definition) is 2. The molecule has 3 rings (SSSR count). The van der Waals surface area contributed by atoms with Gasteiger partial charge in [0.2, 0.25) is 0 Å². The van der Waals surface area contributed by atoms with E-state index in [1.165, 1.54) is 10.5 Å². The Morgan fingerprint density at radius 2 is 1.65 bits per heavy atom. The quantitative estimate of drug-likeness (QED) is 0.817. The summed E-state index contributed by atoms with van der Waals surface area (Å²) in [7, 11) is 0. The fraction of sp³-hybridized carbons (Fsp3) is 0.200. The third-order valence-electron chi connectivity index (χ3n) is 3.16. The van der Waals surface area contributed by atoms with Crippen LogP contribution in [0.25, 0.3) is 0 Å². The van der Waals surface area contributed by atoms with Gasteiger partial charge in [0, 0.05) is 10.1 Å². The minimum atomic E-state index is -0.336. The molecular weight excluding hydrogens is 228 g/mol. The molecule has 0 fully saturated rings. The predicted octanol–water partition coefficient (Wildman–Crippen LogP) is 3.96. The van der Waals surface area contributed by atoms with Gasteiger partial charge in [-0.3, -0.25) is 0 Å². The highest BCUT2D eigenvalue weighted by Gasteiger charge is 2.26. The smallest absolute Gasteiger partial charge is 0.0814 e. The first-order valence-corrected chi connectivity index (χ1v) is 6.71. The van der Waals surface area contributed by atoms with Crippen molar-refractivity contribution in [3.63, 3.8) is 0 Å². The summed E-state index contributed by atoms with van der Waals surface area (Å²) in [5.74, 6) is 0. The van der Waals surface area contributed by atoms with Gasteiger partial charge < -0.3 is 5.11 Å². The van der Waals surface area contributed by atoms with Crippen LogP contribution < -0.4 is 0 Å². The van der Waals surface area contributed by atoms with Crippen molar-refractivity contribution < 1.29 is 5.11 Å².